The lowest BCUT2D eigenvalue weighted by atomic mass is 9.70. The van der Waals surface area contributed by atoms with Crippen LogP contribution in [0.3, 0.4) is 0 Å². The van der Waals surface area contributed by atoms with E-state index in [0.717, 1.165) is 25.9 Å². The number of likely N-dealkylation sites (tertiary alicyclic amines) is 1. The van der Waals surface area contributed by atoms with Crippen molar-refractivity contribution in [3.05, 3.63) is 53.6 Å². The molecule has 0 N–H and O–H groups in total. The second-order valence-corrected chi connectivity index (χ2v) is 11.8. The van der Waals surface area contributed by atoms with E-state index in [1.807, 2.05) is 13.8 Å². The van der Waals surface area contributed by atoms with Gasteiger partial charge in [-0.15, -0.1) is 0 Å². The number of amides is 2. The summed E-state index contributed by atoms with van der Waals surface area (Å²) in [6.07, 6.45) is 6.15. The first-order chi connectivity index (χ1) is 19.7. The van der Waals surface area contributed by atoms with E-state index in [2.05, 4.69) is 11.8 Å². The van der Waals surface area contributed by atoms with Crippen LogP contribution in [-0.4, -0.2) is 78.9 Å². The molecule has 0 radical (unpaired) electrons. The van der Waals surface area contributed by atoms with Crippen molar-refractivity contribution in [1.82, 2.24) is 14.7 Å². The third-order valence-electron chi connectivity index (χ3n) is 8.82. The molecule has 2 aliphatic heterocycles. The molecule has 0 unspecified atom stereocenters. The smallest absolute Gasteiger partial charge is 0.256 e. The Morgan fingerprint density at radius 2 is 1.45 bits per heavy atom. The van der Waals surface area contributed by atoms with Crippen LogP contribution >= 0.6 is 0 Å². The molecule has 0 bridgehead atoms. The quantitative estimate of drug-likeness (QED) is 0.375. The van der Waals surface area contributed by atoms with Gasteiger partial charge in [-0.2, -0.15) is 0 Å². The predicted molar refractivity (Wildman–Crippen MR) is 160 cm³/mol. The Labute approximate surface area is 248 Å². The van der Waals surface area contributed by atoms with Crippen LogP contribution < -0.4 is 4.74 Å². The van der Waals surface area contributed by atoms with Crippen molar-refractivity contribution < 1.29 is 27.8 Å². The zero-order chi connectivity index (χ0) is 29.6. The van der Waals surface area contributed by atoms with Gasteiger partial charge in [0.1, 0.15) is 5.82 Å². The minimum atomic E-state index is -0.648. The maximum Gasteiger partial charge on any atom is 0.256 e. The van der Waals surface area contributed by atoms with Gasteiger partial charge in [-0.1, -0.05) is 39.3 Å². The number of hydrogen-bond donors (Lipinski definition) is 0. The Kier molecular flexibility index (Phi) is 11.9. The zero-order valence-electron chi connectivity index (χ0n) is 25.5. The molecule has 6 nitrogen and oxygen atoms in total. The average Bonchev–Trinajstić information content (AvgIpc) is 2.97. The standard InChI is InChI=1S/C31H39F2N3O3.C2H6.FH/c1-22(37)35-14-16-36(17-15-35)30(38)26-6-4-24(18-27(26)32)25-5-7-29(28(33)19-25)39-20-23-8-12-34(13-9-23)21-31(2)10-3-11-31;1-2;/h4-7,18-19,23H,3,8-17,20-21H2,1-2H3;1-2H3;1H. The molecule has 5 rings (SSSR count). The van der Waals surface area contributed by atoms with Gasteiger partial charge in [-0.05, 0) is 85.5 Å². The van der Waals surface area contributed by atoms with Crippen molar-refractivity contribution in [1.29, 1.82) is 0 Å². The zero-order valence-corrected chi connectivity index (χ0v) is 25.5. The lowest BCUT2D eigenvalue weighted by Crippen LogP contribution is -2.50. The summed E-state index contributed by atoms with van der Waals surface area (Å²) in [5.74, 6) is -0.938. The summed E-state index contributed by atoms with van der Waals surface area (Å²) in [7, 11) is 0. The van der Waals surface area contributed by atoms with Gasteiger partial charge in [-0.3, -0.25) is 14.3 Å². The summed E-state index contributed by atoms with van der Waals surface area (Å²) in [5, 5.41) is 0. The fraction of sp³-hybridized carbons (Fsp3) is 0.576. The molecule has 2 heterocycles. The summed E-state index contributed by atoms with van der Waals surface area (Å²) in [5.41, 5.74) is 1.48. The van der Waals surface area contributed by atoms with Crippen molar-refractivity contribution in [3.63, 3.8) is 0 Å². The van der Waals surface area contributed by atoms with Gasteiger partial charge in [0.2, 0.25) is 5.91 Å². The monoisotopic (exact) mass is 589 g/mol. The first kappa shape index (κ1) is 33.4. The van der Waals surface area contributed by atoms with Crippen LogP contribution in [0.5, 0.6) is 5.75 Å². The minimum Gasteiger partial charge on any atom is -0.490 e. The van der Waals surface area contributed by atoms with Crippen molar-refractivity contribution in [2.45, 2.75) is 59.8 Å². The Bertz CT molecular complexity index is 1200. The highest BCUT2D eigenvalue weighted by molar-refractivity contribution is 5.95. The topological polar surface area (TPSA) is 53.1 Å². The number of rotatable bonds is 7. The second-order valence-electron chi connectivity index (χ2n) is 11.8. The van der Waals surface area contributed by atoms with Crippen LogP contribution in [0.15, 0.2) is 36.4 Å². The van der Waals surface area contributed by atoms with Gasteiger partial charge in [0.15, 0.2) is 11.6 Å². The van der Waals surface area contributed by atoms with Crippen LogP contribution in [0.4, 0.5) is 13.5 Å². The molecule has 2 aromatic carbocycles. The maximum absolute atomic E-state index is 15.0. The number of carbonyl (C=O) groups excluding carboxylic acids is 2. The first-order valence-electron chi connectivity index (χ1n) is 15.2. The third-order valence-corrected chi connectivity index (χ3v) is 8.82. The molecule has 3 aliphatic rings. The highest BCUT2D eigenvalue weighted by atomic mass is 19.1. The highest BCUT2D eigenvalue weighted by Gasteiger charge is 2.34. The van der Waals surface area contributed by atoms with E-state index in [0.29, 0.717) is 55.2 Å². The normalized spacial score (nSPS) is 18.7. The number of halogens is 3. The number of nitrogens with zero attached hydrogens (tertiary/aromatic N) is 3. The highest BCUT2D eigenvalue weighted by Crippen LogP contribution is 2.41. The van der Waals surface area contributed by atoms with Crippen molar-refractivity contribution in [2.24, 2.45) is 11.3 Å². The summed E-state index contributed by atoms with van der Waals surface area (Å²) in [4.78, 5) is 30.2. The minimum absolute atomic E-state index is 0. The van der Waals surface area contributed by atoms with E-state index in [9.17, 15) is 18.4 Å². The van der Waals surface area contributed by atoms with Gasteiger partial charge in [0.05, 0.1) is 12.2 Å². The molecule has 232 valence electrons. The molecule has 9 heteroatoms. The summed E-state index contributed by atoms with van der Waals surface area (Å²) >= 11 is 0. The molecule has 2 amide bonds. The summed E-state index contributed by atoms with van der Waals surface area (Å²) in [6, 6.07) is 9.03. The SMILES string of the molecule is CC.CC(=O)N1CCN(C(=O)c2ccc(-c3ccc(OCC4CCN(CC5(C)CCC5)CC4)c(F)c3)cc2F)CC1.F. The Hall–Kier alpha value is -3.07. The predicted octanol–water partition coefficient (Wildman–Crippen LogP) is 6.40. The van der Waals surface area contributed by atoms with Crippen LogP contribution in [0.1, 0.15) is 70.2 Å². The Morgan fingerprint density at radius 1 is 0.881 bits per heavy atom. The number of carbonyl (C=O) groups is 2. The average molecular weight is 590 g/mol. The molecule has 0 spiro atoms. The van der Waals surface area contributed by atoms with Crippen LogP contribution in [0.2, 0.25) is 0 Å². The molecule has 0 aromatic heterocycles. The molecule has 1 saturated carbocycles. The van der Waals surface area contributed by atoms with E-state index >= 15 is 0 Å². The second kappa shape index (κ2) is 14.9. The number of hydrogen-bond acceptors (Lipinski definition) is 4. The van der Waals surface area contributed by atoms with Crippen molar-refractivity contribution in [2.75, 3.05) is 52.4 Å². The van der Waals surface area contributed by atoms with Gasteiger partial charge in [0, 0.05) is 39.6 Å². The van der Waals surface area contributed by atoms with E-state index < -0.39 is 17.5 Å². The molecule has 1 aliphatic carbocycles. The number of piperidine rings is 1. The molecule has 2 saturated heterocycles. The van der Waals surface area contributed by atoms with Gasteiger partial charge >= 0.3 is 0 Å². The molecular formula is C33H46F3N3O3. The lowest BCUT2D eigenvalue weighted by molar-refractivity contribution is -0.130. The molecule has 42 heavy (non-hydrogen) atoms. The first-order valence-corrected chi connectivity index (χ1v) is 15.2. The third kappa shape index (κ3) is 8.06. The molecule has 3 fully saturated rings. The lowest BCUT2D eigenvalue weighted by Gasteiger charge is -2.44. The largest absolute Gasteiger partial charge is 0.490 e. The van der Waals surface area contributed by atoms with E-state index in [4.69, 9.17) is 4.74 Å². The fourth-order valence-corrected chi connectivity index (χ4v) is 6.06. The summed E-state index contributed by atoms with van der Waals surface area (Å²) < 4.78 is 35.7. The number of benzene rings is 2. The molecule has 0 atom stereocenters. The van der Waals surface area contributed by atoms with E-state index in [-0.39, 0.29) is 21.9 Å². The fourth-order valence-electron chi connectivity index (χ4n) is 6.06. The van der Waals surface area contributed by atoms with E-state index in [1.165, 1.54) is 50.9 Å². The summed E-state index contributed by atoms with van der Waals surface area (Å²) in [6.45, 7) is 13.3. The number of piperazine rings is 1. The van der Waals surface area contributed by atoms with E-state index in [1.54, 1.807) is 28.0 Å². The van der Waals surface area contributed by atoms with Gasteiger partial charge in [-0.25, -0.2) is 8.78 Å². The van der Waals surface area contributed by atoms with Crippen molar-refractivity contribution in [3.8, 4) is 16.9 Å². The molecule has 2 aromatic rings. The number of ether oxygens (including phenoxy) is 1. The van der Waals surface area contributed by atoms with Crippen LogP contribution in [0.25, 0.3) is 11.1 Å². The van der Waals surface area contributed by atoms with Gasteiger partial charge in [0.25, 0.3) is 5.91 Å². The van der Waals surface area contributed by atoms with Crippen LogP contribution in [0, 0.1) is 23.0 Å². The Balaban J connectivity index is 0.00000158. The van der Waals surface area contributed by atoms with Crippen molar-refractivity contribution >= 4 is 11.8 Å². The maximum atomic E-state index is 15.0. The van der Waals surface area contributed by atoms with Crippen LogP contribution in [-0.2, 0) is 4.79 Å². The molecular weight excluding hydrogens is 543 g/mol. The Morgan fingerprint density at radius 3 is 1.98 bits per heavy atom. The van der Waals surface area contributed by atoms with Gasteiger partial charge < -0.3 is 19.4 Å².